The van der Waals surface area contributed by atoms with Crippen LogP contribution in [0.4, 0.5) is 10.5 Å². The fraction of sp³-hybridized carbons (Fsp3) is 0.364. The third-order valence-electron chi connectivity index (χ3n) is 2.97. The molecule has 8 nitrogen and oxygen atoms in total. The van der Waals surface area contributed by atoms with E-state index < -0.39 is 6.09 Å². The number of halogens is 1. The molecule has 1 aromatic heterocycles. The van der Waals surface area contributed by atoms with Gasteiger partial charge in [0, 0.05) is 17.6 Å². The highest BCUT2D eigenvalue weighted by molar-refractivity contribution is 9.10. The van der Waals surface area contributed by atoms with Crippen LogP contribution in [0.1, 0.15) is 0 Å². The molecule has 1 amide bonds. The number of benzene rings is 1. The molecule has 1 aromatic carbocycles. The third-order valence-corrected chi connectivity index (χ3v) is 3.57. The van der Waals surface area contributed by atoms with Crippen LogP contribution in [0.25, 0.3) is 11.0 Å². The van der Waals surface area contributed by atoms with E-state index in [1.807, 2.05) is 0 Å². The van der Waals surface area contributed by atoms with Gasteiger partial charge in [-0.05, 0) is 32.3 Å². The zero-order chi connectivity index (χ0) is 14.1. The molecule has 1 saturated heterocycles. The van der Waals surface area contributed by atoms with Crippen molar-refractivity contribution in [2.45, 2.75) is 0 Å². The van der Waals surface area contributed by atoms with E-state index in [1.165, 1.54) is 0 Å². The lowest BCUT2D eigenvalue weighted by Gasteiger charge is -2.29. The molecule has 0 bridgehead atoms. The number of nitrogens with two attached hydrogens (primary N) is 1. The number of aromatic nitrogens is 2. The molecule has 1 aliphatic rings. The van der Waals surface area contributed by atoms with Crippen molar-refractivity contribution in [3.05, 3.63) is 10.5 Å². The minimum absolute atomic E-state index is 0.206. The van der Waals surface area contributed by atoms with Crippen LogP contribution in [-0.2, 0) is 4.74 Å². The molecule has 2 N–H and O–H groups in total. The predicted octanol–water partition coefficient (Wildman–Crippen LogP) is 1.28. The summed E-state index contributed by atoms with van der Waals surface area (Å²) in [4.78, 5) is 13.0. The molecule has 3 rings (SSSR count). The fourth-order valence-electron chi connectivity index (χ4n) is 2.14. The molecule has 0 saturated carbocycles. The van der Waals surface area contributed by atoms with Crippen LogP contribution in [0.3, 0.4) is 0 Å². The van der Waals surface area contributed by atoms with Crippen LogP contribution in [0.2, 0.25) is 0 Å². The van der Waals surface area contributed by atoms with Gasteiger partial charge in [-0.25, -0.2) is 9.42 Å². The second-order valence-corrected chi connectivity index (χ2v) is 5.04. The van der Waals surface area contributed by atoms with E-state index in [4.69, 9.17) is 19.8 Å². The Hall–Kier alpha value is -1.87. The predicted molar refractivity (Wildman–Crippen MR) is 72.7 cm³/mol. The average molecular weight is 343 g/mol. The van der Waals surface area contributed by atoms with Crippen LogP contribution in [0.5, 0.6) is 5.75 Å². The van der Waals surface area contributed by atoms with Gasteiger partial charge < -0.3 is 20.1 Å². The van der Waals surface area contributed by atoms with Gasteiger partial charge in [0.05, 0.1) is 18.9 Å². The molecule has 0 radical (unpaired) electrons. The highest BCUT2D eigenvalue weighted by atomic mass is 79.9. The van der Waals surface area contributed by atoms with Gasteiger partial charge in [0.25, 0.3) is 0 Å². The van der Waals surface area contributed by atoms with Crippen molar-refractivity contribution in [3.8, 4) is 5.75 Å². The van der Waals surface area contributed by atoms with E-state index in [-0.39, 0.29) is 5.75 Å². The largest absolute Gasteiger partial charge is 0.410 e. The quantitative estimate of drug-likeness (QED) is 0.876. The van der Waals surface area contributed by atoms with E-state index in [9.17, 15) is 4.79 Å². The smallest absolute Gasteiger partial charge is 0.408 e. The Balaban J connectivity index is 2.11. The minimum Gasteiger partial charge on any atom is -0.408 e. The molecule has 2 aromatic rings. The number of amides is 1. The van der Waals surface area contributed by atoms with Crippen molar-refractivity contribution in [1.29, 1.82) is 0 Å². The molecule has 0 aliphatic carbocycles. The number of ether oxygens (including phenoxy) is 2. The maximum atomic E-state index is 10.9. The van der Waals surface area contributed by atoms with E-state index in [1.54, 1.807) is 6.07 Å². The summed E-state index contributed by atoms with van der Waals surface area (Å²) >= 11 is 3.45. The molecule has 9 heteroatoms. The summed E-state index contributed by atoms with van der Waals surface area (Å²) in [5.74, 6) is 0.206. The van der Waals surface area contributed by atoms with Gasteiger partial charge >= 0.3 is 6.09 Å². The Morgan fingerprint density at radius 2 is 2.05 bits per heavy atom. The first-order valence-corrected chi connectivity index (χ1v) is 6.71. The lowest BCUT2D eigenvalue weighted by atomic mass is 10.2. The first-order chi connectivity index (χ1) is 9.66. The molecular formula is C11H11BrN4O4. The SMILES string of the molecule is NC(=O)Oc1cc(Br)c(N2CCOCC2)c2nonc12. The van der Waals surface area contributed by atoms with Crippen molar-refractivity contribution in [3.63, 3.8) is 0 Å². The number of morpholine rings is 1. The van der Waals surface area contributed by atoms with Crippen molar-refractivity contribution < 1.29 is 18.9 Å². The zero-order valence-corrected chi connectivity index (χ0v) is 11.9. The molecule has 106 valence electrons. The Bertz CT molecular complexity index is 653. The van der Waals surface area contributed by atoms with Gasteiger partial charge in [0.15, 0.2) is 16.8 Å². The number of hydrogen-bond acceptors (Lipinski definition) is 7. The molecule has 0 spiro atoms. The third kappa shape index (κ3) is 2.29. The Morgan fingerprint density at radius 3 is 2.75 bits per heavy atom. The Labute approximate surface area is 121 Å². The standard InChI is InChI=1S/C11H11BrN4O4/c12-6-5-7(19-11(13)17)8-9(15-20-14-8)10(6)16-1-3-18-4-2-16/h5H,1-4H2,(H2,13,17). The van der Waals surface area contributed by atoms with E-state index in [0.717, 1.165) is 23.2 Å². The number of rotatable bonds is 2. The highest BCUT2D eigenvalue weighted by Gasteiger charge is 2.23. The fourth-order valence-corrected chi connectivity index (χ4v) is 2.79. The van der Waals surface area contributed by atoms with Crippen LogP contribution >= 0.6 is 15.9 Å². The van der Waals surface area contributed by atoms with Crippen molar-refractivity contribution in [2.75, 3.05) is 31.2 Å². The van der Waals surface area contributed by atoms with E-state index in [2.05, 4.69) is 31.1 Å². The topological polar surface area (TPSA) is 104 Å². The van der Waals surface area contributed by atoms with Gasteiger partial charge in [-0.1, -0.05) is 0 Å². The van der Waals surface area contributed by atoms with E-state index >= 15 is 0 Å². The first-order valence-electron chi connectivity index (χ1n) is 5.91. The summed E-state index contributed by atoms with van der Waals surface area (Å²) in [7, 11) is 0. The number of hydrogen-bond donors (Lipinski definition) is 1. The molecule has 0 atom stereocenters. The zero-order valence-electron chi connectivity index (χ0n) is 10.3. The number of fused-ring (bicyclic) bond motifs is 1. The Kier molecular flexibility index (Phi) is 3.45. The van der Waals surface area contributed by atoms with Crippen LogP contribution < -0.4 is 15.4 Å². The minimum atomic E-state index is -0.916. The lowest BCUT2D eigenvalue weighted by Crippen LogP contribution is -2.36. The van der Waals surface area contributed by atoms with Crippen molar-refractivity contribution in [2.24, 2.45) is 5.73 Å². The van der Waals surface area contributed by atoms with Gasteiger partial charge in [-0.15, -0.1) is 0 Å². The van der Waals surface area contributed by atoms with Gasteiger partial charge in [-0.2, -0.15) is 0 Å². The number of nitrogens with zero attached hydrogens (tertiary/aromatic N) is 3. The Morgan fingerprint density at radius 1 is 1.35 bits per heavy atom. The lowest BCUT2D eigenvalue weighted by molar-refractivity contribution is 0.122. The van der Waals surface area contributed by atoms with Gasteiger partial charge in [-0.3, -0.25) is 0 Å². The molecule has 0 unspecified atom stereocenters. The van der Waals surface area contributed by atoms with Crippen LogP contribution in [0, 0.1) is 0 Å². The first kappa shape index (κ1) is 13.1. The number of carbonyl (C=O) groups is 1. The van der Waals surface area contributed by atoms with E-state index in [0.29, 0.717) is 24.2 Å². The van der Waals surface area contributed by atoms with Crippen LogP contribution in [0.15, 0.2) is 15.2 Å². The summed E-state index contributed by atoms with van der Waals surface area (Å²) < 4.78 is 15.7. The maximum absolute atomic E-state index is 10.9. The van der Waals surface area contributed by atoms with Gasteiger partial charge in [0.1, 0.15) is 0 Å². The van der Waals surface area contributed by atoms with Crippen LogP contribution in [-0.4, -0.2) is 42.7 Å². The van der Waals surface area contributed by atoms with Crippen molar-refractivity contribution in [1.82, 2.24) is 10.3 Å². The summed E-state index contributed by atoms with van der Waals surface area (Å²) in [6, 6.07) is 1.63. The maximum Gasteiger partial charge on any atom is 0.410 e. The summed E-state index contributed by atoms with van der Waals surface area (Å²) in [6.45, 7) is 2.74. The summed E-state index contributed by atoms with van der Waals surface area (Å²) in [5, 5.41) is 7.66. The molecular weight excluding hydrogens is 332 g/mol. The number of primary amides is 1. The molecule has 1 fully saturated rings. The van der Waals surface area contributed by atoms with Gasteiger partial charge in [0.2, 0.25) is 0 Å². The number of carbonyl (C=O) groups excluding carboxylic acids is 1. The number of anilines is 1. The highest BCUT2D eigenvalue weighted by Crippen LogP contribution is 2.38. The monoisotopic (exact) mass is 342 g/mol. The molecule has 2 heterocycles. The average Bonchev–Trinajstić information content (AvgIpc) is 2.88. The molecule has 20 heavy (non-hydrogen) atoms. The summed E-state index contributed by atoms with van der Waals surface area (Å²) in [6.07, 6.45) is -0.916. The normalized spacial score (nSPS) is 15.6. The second-order valence-electron chi connectivity index (χ2n) is 4.19. The summed E-state index contributed by atoms with van der Waals surface area (Å²) in [5.41, 5.74) is 6.73. The second kappa shape index (κ2) is 5.25. The van der Waals surface area contributed by atoms with Crippen molar-refractivity contribution >= 4 is 38.7 Å². The molecule has 1 aliphatic heterocycles.